The normalized spacial score (nSPS) is 10.4. The fraction of sp³-hybridized carbons (Fsp3) is 0.353. The fourth-order valence-electron chi connectivity index (χ4n) is 2.18. The number of ether oxygens (including phenoxy) is 3. The zero-order valence-electron chi connectivity index (χ0n) is 14.6. The maximum atomic E-state index is 12.2. The first kappa shape index (κ1) is 18.3. The van der Waals surface area contributed by atoms with E-state index in [1.165, 1.54) is 20.3 Å². The van der Waals surface area contributed by atoms with Crippen molar-refractivity contribution in [1.82, 2.24) is 9.78 Å². The number of nitrogens with zero attached hydrogens (tertiary/aromatic N) is 2. The maximum Gasteiger partial charge on any atom is 0.342 e. The number of rotatable bonds is 7. The minimum atomic E-state index is -0.660. The van der Waals surface area contributed by atoms with Crippen LogP contribution in [0.1, 0.15) is 30.2 Å². The number of carbonyl (C=O) groups excluding carboxylic acids is 2. The van der Waals surface area contributed by atoms with Gasteiger partial charge in [0.2, 0.25) is 0 Å². The number of anilines is 1. The third-order valence-corrected chi connectivity index (χ3v) is 3.39. The Bertz CT molecular complexity index is 754. The molecule has 1 heterocycles. The molecule has 0 saturated carbocycles. The molecule has 0 atom stereocenters. The first-order chi connectivity index (χ1) is 12.0. The van der Waals surface area contributed by atoms with Crippen LogP contribution in [0.4, 0.5) is 5.82 Å². The number of amides is 1. The SMILES string of the molecule is COc1ccc(C(=O)OCC(=O)Nc2ccnn2C(C)C)c(OC)c1. The fourth-order valence-corrected chi connectivity index (χ4v) is 2.18. The Morgan fingerprint density at radius 1 is 1.20 bits per heavy atom. The van der Waals surface area contributed by atoms with Gasteiger partial charge in [0, 0.05) is 18.2 Å². The van der Waals surface area contributed by atoms with Crippen molar-refractivity contribution in [3.05, 3.63) is 36.0 Å². The molecule has 8 heteroatoms. The Hall–Kier alpha value is -3.03. The van der Waals surface area contributed by atoms with E-state index in [4.69, 9.17) is 14.2 Å². The second-order valence-corrected chi connectivity index (χ2v) is 5.45. The van der Waals surface area contributed by atoms with Crippen molar-refractivity contribution in [1.29, 1.82) is 0 Å². The van der Waals surface area contributed by atoms with Crippen LogP contribution in [-0.4, -0.2) is 42.5 Å². The minimum Gasteiger partial charge on any atom is -0.497 e. The van der Waals surface area contributed by atoms with Gasteiger partial charge in [-0.05, 0) is 26.0 Å². The van der Waals surface area contributed by atoms with Crippen molar-refractivity contribution in [3.8, 4) is 11.5 Å². The van der Waals surface area contributed by atoms with E-state index < -0.39 is 18.5 Å². The molecule has 134 valence electrons. The molecule has 0 aliphatic carbocycles. The second-order valence-electron chi connectivity index (χ2n) is 5.45. The molecule has 1 N–H and O–H groups in total. The number of benzene rings is 1. The van der Waals surface area contributed by atoms with Gasteiger partial charge in [0.15, 0.2) is 6.61 Å². The largest absolute Gasteiger partial charge is 0.497 e. The zero-order chi connectivity index (χ0) is 18.4. The molecule has 8 nitrogen and oxygen atoms in total. The van der Waals surface area contributed by atoms with E-state index in [9.17, 15) is 9.59 Å². The molecule has 2 rings (SSSR count). The molecule has 0 aliphatic rings. The lowest BCUT2D eigenvalue weighted by Crippen LogP contribution is -2.23. The number of methoxy groups -OCH3 is 2. The van der Waals surface area contributed by atoms with Gasteiger partial charge in [-0.25, -0.2) is 9.48 Å². The van der Waals surface area contributed by atoms with Crippen molar-refractivity contribution in [3.63, 3.8) is 0 Å². The summed E-state index contributed by atoms with van der Waals surface area (Å²) in [6.45, 7) is 3.47. The van der Waals surface area contributed by atoms with Crippen LogP contribution in [0.5, 0.6) is 11.5 Å². The second kappa shape index (κ2) is 8.18. The van der Waals surface area contributed by atoms with Crippen molar-refractivity contribution in [2.45, 2.75) is 19.9 Å². The number of nitrogens with one attached hydrogen (secondary N) is 1. The van der Waals surface area contributed by atoms with Gasteiger partial charge < -0.3 is 19.5 Å². The summed E-state index contributed by atoms with van der Waals surface area (Å²) in [6.07, 6.45) is 1.59. The van der Waals surface area contributed by atoms with Crippen LogP contribution in [0.15, 0.2) is 30.5 Å². The number of carbonyl (C=O) groups is 2. The van der Waals surface area contributed by atoms with Crippen LogP contribution in [-0.2, 0) is 9.53 Å². The standard InChI is InChI=1S/C17H21N3O5/c1-11(2)20-15(7-8-18-20)19-16(21)10-25-17(22)13-6-5-12(23-3)9-14(13)24-4/h5-9,11H,10H2,1-4H3,(H,19,21). The number of aromatic nitrogens is 2. The quantitative estimate of drug-likeness (QED) is 0.773. The highest BCUT2D eigenvalue weighted by molar-refractivity contribution is 5.96. The van der Waals surface area contributed by atoms with E-state index in [1.807, 2.05) is 13.8 Å². The van der Waals surface area contributed by atoms with Crippen LogP contribution in [0.3, 0.4) is 0 Å². The molecular formula is C17H21N3O5. The van der Waals surface area contributed by atoms with Crippen LogP contribution in [0, 0.1) is 0 Å². The molecule has 0 spiro atoms. The summed E-state index contributed by atoms with van der Waals surface area (Å²) in [6, 6.07) is 6.47. The number of esters is 1. The van der Waals surface area contributed by atoms with Crippen molar-refractivity contribution >= 4 is 17.7 Å². The van der Waals surface area contributed by atoms with Crippen LogP contribution >= 0.6 is 0 Å². The first-order valence-electron chi connectivity index (χ1n) is 7.68. The van der Waals surface area contributed by atoms with Gasteiger partial charge in [-0.15, -0.1) is 0 Å². The topological polar surface area (TPSA) is 91.7 Å². The van der Waals surface area contributed by atoms with Gasteiger partial charge in [-0.2, -0.15) is 5.10 Å². The Labute approximate surface area is 145 Å². The van der Waals surface area contributed by atoms with E-state index >= 15 is 0 Å². The van der Waals surface area contributed by atoms with Gasteiger partial charge in [0.25, 0.3) is 5.91 Å². The molecule has 0 saturated heterocycles. The molecule has 0 fully saturated rings. The Morgan fingerprint density at radius 3 is 2.60 bits per heavy atom. The van der Waals surface area contributed by atoms with Gasteiger partial charge in [0.05, 0.1) is 20.4 Å². The summed E-state index contributed by atoms with van der Waals surface area (Å²) in [7, 11) is 2.95. The lowest BCUT2D eigenvalue weighted by atomic mass is 10.2. The van der Waals surface area contributed by atoms with E-state index in [2.05, 4.69) is 10.4 Å². The molecule has 1 aromatic carbocycles. The lowest BCUT2D eigenvalue weighted by molar-refractivity contribution is -0.119. The van der Waals surface area contributed by atoms with E-state index in [-0.39, 0.29) is 11.6 Å². The number of hydrogen-bond donors (Lipinski definition) is 1. The predicted molar refractivity (Wildman–Crippen MR) is 91.1 cm³/mol. The average Bonchev–Trinajstić information content (AvgIpc) is 3.07. The van der Waals surface area contributed by atoms with Gasteiger partial charge in [0.1, 0.15) is 22.9 Å². The van der Waals surface area contributed by atoms with E-state index in [0.29, 0.717) is 17.3 Å². The summed E-state index contributed by atoms with van der Waals surface area (Å²) < 4.78 is 16.9. The summed E-state index contributed by atoms with van der Waals surface area (Å²) in [5, 5.41) is 6.77. The molecule has 0 unspecified atom stereocenters. The van der Waals surface area contributed by atoms with Crippen LogP contribution < -0.4 is 14.8 Å². The summed E-state index contributed by atoms with van der Waals surface area (Å²) >= 11 is 0. The Balaban J connectivity index is 1.97. The first-order valence-corrected chi connectivity index (χ1v) is 7.68. The van der Waals surface area contributed by atoms with Crippen LogP contribution in [0.25, 0.3) is 0 Å². The third kappa shape index (κ3) is 4.50. The van der Waals surface area contributed by atoms with Gasteiger partial charge >= 0.3 is 5.97 Å². The smallest absolute Gasteiger partial charge is 0.342 e. The van der Waals surface area contributed by atoms with Gasteiger partial charge in [-0.3, -0.25) is 4.79 Å². The number of hydrogen-bond acceptors (Lipinski definition) is 6. The molecule has 1 aromatic heterocycles. The highest BCUT2D eigenvalue weighted by Gasteiger charge is 2.17. The molecule has 0 aliphatic heterocycles. The maximum absolute atomic E-state index is 12.2. The average molecular weight is 347 g/mol. The van der Waals surface area contributed by atoms with Crippen molar-refractivity contribution in [2.75, 3.05) is 26.1 Å². The summed E-state index contributed by atoms with van der Waals surface area (Å²) in [5.41, 5.74) is 0.211. The lowest BCUT2D eigenvalue weighted by Gasteiger charge is -2.12. The van der Waals surface area contributed by atoms with Gasteiger partial charge in [-0.1, -0.05) is 0 Å². The van der Waals surface area contributed by atoms with E-state index in [1.54, 1.807) is 29.1 Å². The Kier molecular flexibility index (Phi) is 5.99. The highest BCUT2D eigenvalue weighted by Crippen LogP contribution is 2.25. The summed E-state index contributed by atoms with van der Waals surface area (Å²) in [4.78, 5) is 24.2. The molecule has 1 amide bonds. The molecule has 0 bridgehead atoms. The van der Waals surface area contributed by atoms with Crippen molar-refractivity contribution in [2.24, 2.45) is 0 Å². The zero-order valence-corrected chi connectivity index (χ0v) is 14.6. The van der Waals surface area contributed by atoms with Crippen LogP contribution in [0.2, 0.25) is 0 Å². The minimum absolute atomic E-state index is 0.0939. The molecule has 2 aromatic rings. The summed E-state index contributed by atoms with van der Waals surface area (Å²) in [5.74, 6) is 0.282. The third-order valence-electron chi connectivity index (χ3n) is 3.39. The van der Waals surface area contributed by atoms with Crippen molar-refractivity contribution < 1.29 is 23.8 Å². The van der Waals surface area contributed by atoms with E-state index in [0.717, 1.165) is 0 Å². The molecular weight excluding hydrogens is 326 g/mol. The Morgan fingerprint density at radius 2 is 1.96 bits per heavy atom. The predicted octanol–water partition coefficient (Wildman–Crippen LogP) is 2.28. The highest BCUT2D eigenvalue weighted by atomic mass is 16.5. The molecule has 0 radical (unpaired) electrons. The monoisotopic (exact) mass is 347 g/mol. The molecule has 25 heavy (non-hydrogen) atoms.